The lowest BCUT2D eigenvalue weighted by Gasteiger charge is -2.32. The van der Waals surface area contributed by atoms with E-state index in [2.05, 4.69) is 22.6 Å². The molecule has 0 saturated heterocycles. The lowest BCUT2D eigenvalue weighted by molar-refractivity contribution is 0.0136. The zero-order chi connectivity index (χ0) is 13.8. The first-order valence-electron chi connectivity index (χ1n) is 6.21. The Morgan fingerprint density at radius 1 is 1.28 bits per heavy atom. The van der Waals surface area contributed by atoms with Crippen molar-refractivity contribution in [2.24, 2.45) is 11.3 Å². The number of alkyl halides is 1. The molecule has 0 unspecified atom stereocenters. The van der Waals surface area contributed by atoms with Crippen LogP contribution in [0.2, 0.25) is 0 Å². The Labute approximate surface area is 123 Å². The van der Waals surface area contributed by atoms with Gasteiger partial charge < -0.3 is 5.11 Å². The van der Waals surface area contributed by atoms with Gasteiger partial charge in [0.15, 0.2) is 5.78 Å². The van der Waals surface area contributed by atoms with E-state index in [1.54, 1.807) is 0 Å². The minimum absolute atomic E-state index is 0.0506. The Morgan fingerprint density at radius 3 is 2.28 bits per heavy atom. The summed E-state index contributed by atoms with van der Waals surface area (Å²) in [5.74, 6) is -0.265. The van der Waals surface area contributed by atoms with Gasteiger partial charge in [0.25, 0.3) is 0 Å². The van der Waals surface area contributed by atoms with Gasteiger partial charge in [-0.05, 0) is 11.8 Å². The van der Waals surface area contributed by atoms with E-state index in [1.807, 2.05) is 51.1 Å². The second kappa shape index (κ2) is 6.66. The number of ketones is 1. The van der Waals surface area contributed by atoms with Crippen LogP contribution in [0.1, 0.15) is 37.6 Å². The van der Waals surface area contributed by atoms with Crippen LogP contribution in [0, 0.1) is 11.3 Å². The van der Waals surface area contributed by atoms with E-state index in [0.717, 1.165) is 4.43 Å². The van der Waals surface area contributed by atoms with Gasteiger partial charge in [-0.2, -0.15) is 0 Å². The molecule has 100 valence electrons. The molecule has 3 heteroatoms. The monoisotopic (exact) mass is 360 g/mol. The summed E-state index contributed by atoms with van der Waals surface area (Å²) in [5.41, 5.74) is 0.414. The number of Topliss-reactive ketones (excluding diaryl/α,β-unsaturated/α-hetero) is 1. The van der Waals surface area contributed by atoms with Crippen LogP contribution >= 0.6 is 22.6 Å². The number of aliphatic hydroxyl groups excluding tert-OH is 1. The molecule has 18 heavy (non-hydrogen) atoms. The van der Waals surface area contributed by atoms with Crippen molar-refractivity contribution >= 4 is 28.4 Å². The predicted molar refractivity (Wildman–Crippen MR) is 83.2 cm³/mol. The lowest BCUT2D eigenvalue weighted by atomic mass is 9.77. The third-order valence-electron chi connectivity index (χ3n) is 3.08. The Kier molecular flexibility index (Phi) is 5.79. The van der Waals surface area contributed by atoms with E-state index in [0.29, 0.717) is 12.0 Å². The van der Waals surface area contributed by atoms with Crippen LogP contribution in [-0.4, -0.2) is 21.4 Å². The van der Waals surface area contributed by atoms with Crippen LogP contribution in [0.4, 0.5) is 0 Å². The first-order chi connectivity index (χ1) is 8.38. The minimum Gasteiger partial charge on any atom is -0.392 e. The molecule has 0 heterocycles. The summed E-state index contributed by atoms with van der Waals surface area (Å²) < 4.78 is 0.869. The van der Waals surface area contributed by atoms with Crippen molar-refractivity contribution in [1.29, 1.82) is 0 Å². The van der Waals surface area contributed by atoms with Gasteiger partial charge in [-0.3, -0.25) is 4.79 Å². The molecule has 0 aromatic heterocycles. The van der Waals surface area contributed by atoms with Crippen LogP contribution in [0.15, 0.2) is 30.3 Å². The lowest BCUT2D eigenvalue weighted by Crippen LogP contribution is -2.38. The third kappa shape index (κ3) is 4.05. The summed E-state index contributed by atoms with van der Waals surface area (Å²) in [4.78, 5) is 12.5. The van der Waals surface area contributed by atoms with Crippen LogP contribution in [-0.2, 0) is 0 Å². The molecule has 0 radical (unpaired) electrons. The molecule has 1 N–H and O–H groups in total. The fourth-order valence-corrected chi connectivity index (χ4v) is 2.64. The molecule has 0 aliphatic carbocycles. The number of carbonyl (C=O) groups is 1. The van der Waals surface area contributed by atoms with Crippen molar-refractivity contribution in [2.75, 3.05) is 4.43 Å². The molecule has 0 aliphatic heterocycles. The first kappa shape index (κ1) is 15.6. The largest absolute Gasteiger partial charge is 0.392 e. The zero-order valence-corrected chi connectivity index (χ0v) is 13.3. The van der Waals surface area contributed by atoms with Gasteiger partial charge in [0, 0.05) is 15.9 Å². The summed E-state index contributed by atoms with van der Waals surface area (Å²) in [6.07, 6.45) is 0.104. The Bertz CT molecular complexity index is 381. The summed E-state index contributed by atoms with van der Waals surface area (Å²) in [6, 6.07) is 9.25. The Hall–Kier alpha value is -0.420. The fraction of sp³-hybridized carbons (Fsp3) is 0.533. The smallest absolute Gasteiger partial charge is 0.168 e. The molecule has 2 nitrogen and oxygen atoms in total. The fourth-order valence-electron chi connectivity index (χ4n) is 1.97. The number of rotatable bonds is 5. The maximum Gasteiger partial charge on any atom is 0.168 e. The molecule has 0 saturated carbocycles. The van der Waals surface area contributed by atoms with Gasteiger partial charge in [-0.25, -0.2) is 0 Å². The maximum absolute atomic E-state index is 12.5. The van der Waals surface area contributed by atoms with Crippen molar-refractivity contribution in [1.82, 2.24) is 0 Å². The molecule has 2 atom stereocenters. The molecule has 1 aromatic rings. The zero-order valence-electron chi connectivity index (χ0n) is 11.2. The van der Waals surface area contributed by atoms with Crippen LogP contribution in [0.5, 0.6) is 0 Å². The van der Waals surface area contributed by atoms with Gasteiger partial charge in [-0.1, -0.05) is 73.7 Å². The molecule has 0 spiro atoms. The average Bonchev–Trinajstić information content (AvgIpc) is 2.34. The van der Waals surface area contributed by atoms with E-state index in [9.17, 15) is 9.90 Å². The predicted octanol–water partition coefficient (Wildman–Crippen LogP) is 3.72. The van der Waals surface area contributed by atoms with Gasteiger partial charge in [0.1, 0.15) is 0 Å². The summed E-state index contributed by atoms with van der Waals surface area (Å²) in [7, 11) is 0. The summed E-state index contributed by atoms with van der Waals surface area (Å²) >= 11 is 2.25. The number of halogens is 1. The molecule has 1 aromatic carbocycles. The molecule has 0 amide bonds. The van der Waals surface area contributed by atoms with Crippen LogP contribution in [0.3, 0.4) is 0 Å². The maximum atomic E-state index is 12.5. The topological polar surface area (TPSA) is 37.3 Å². The highest BCUT2D eigenvalue weighted by molar-refractivity contribution is 14.1. The third-order valence-corrected chi connectivity index (χ3v) is 3.71. The highest BCUT2D eigenvalue weighted by Gasteiger charge is 2.34. The number of hydrogen-bond acceptors (Lipinski definition) is 2. The molecular weight excluding hydrogens is 339 g/mol. The highest BCUT2D eigenvalue weighted by Crippen LogP contribution is 2.30. The number of aliphatic hydroxyl groups is 1. The molecule has 1 rings (SSSR count). The van der Waals surface area contributed by atoms with E-state index in [4.69, 9.17) is 0 Å². The van der Waals surface area contributed by atoms with Gasteiger partial charge in [0.05, 0.1) is 6.10 Å². The average molecular weight is 360 g/mol. The SMILES string of the molecule is CC(C)(C)[C@@H](O)[C@@H](CCI)C(=O)c1ccccc1. The highest BCUT2D eigenvalue weighted by atomic mass is 127. The number of benzene rings is 1. The van der Waals surface area contributed by atoms with Crippen molar-refractivity contribution in [3.8, 4) is 0 Å². The van der Waals surface area contributed by atoms with E-state index >= 15 is 0 Å². The van der Waals surface area contributed by atoms with Gasteiger partial charge >= 0.3 is 0 Å². The van der Waals surface area contributed by atoms with Gasteiger partial charge in [-0.15, -0.1) is 0 Å². The summed E-state index contributed by atoms with van der Waals surface area (Å²) in [6.45, 7) is 5.91. The normalized spacial score (nSPS) is 15.2. The van der Waals surface area contributed by atoms with Crippen molar-refractivity contribution in [3.63, 3.8) is 0 Å². The van der Waals surface area contributed by atoms with E-state index in [1.165, 1.54) is 0 Å². The van der Waals surface area contributed by atoms with Crippen molar-refractivity contribution in [3.05, 3.63) is 35.9 Å². The number of carbonyl (C=O) groups excluding carboxylic acids is 1. The van der Waals surface area contributed by atoms with Crippen molar-refractivity contribution in [2.45, 2.75) is 33.3 Å². The van der Waals surface area contributed by atoms with Crippen LogP contribution < -0.4 is 0 Å². The van der Waals surface area contributed by atoms with Crippen LogP contribution in [0.25, 0.3) is 0 Å². The summed E-state index contributed by atoms with van der Waals surface area (Å²) in [5, 5.41) is 10.4. The first-order valence-corrected chi connectivity index (χ1v) is 7.73. The molecular formula is C15H21IO2. The van der Waals surface area contributed by atoms with Crippen molar-refractivity contribution < 1.29 is 9.90 Å². The molecule has 0 fully saturated rings. The van der Waals surface area contributed by atoms with Gasteiger partial charge in [0.2, 0.25) is 0 Å². The Balaban J connectivity index is 2.96. The van der Waals surface area contributed by atoms with E-state index in [-0.39, 0.29) is 17.1 Å². The quantitative estimate of drug-likeness (QED) is 0.494. The standard InChI is InChI=1S/C15H21IO2/c1-15(2,3)14(18)12(9-10-16)13(17)11-7-5-4-6-8-11/h4-8,12,14,18H,9-10H2,1-3H3/t12-,14-/m0/s1. The number of hydrogen-bond donors (Lipinski definition) is 1. The Morgan fingerprint density at radius 2 is 1.83 bits per heavy atom. The van der Waals surface area contributed by atoms with E-state index < -0.39 is 6.10 Å². The molecule has 0 aliphatic rings. The second-order valence-corrected chi connectivity index (χ2v) is 6.70. The molecule has 0 bridgehead atoms. The second-order valence-electron chi connectivity index (χ2n) is 5.63. The minimum atomic E-state index is -0.611.